The highest BCUT2D eigenvalue weighted by Crippen LogP contribution is 2.04. The van der Waals surface area contributed by atoms with E-state index >= 15 is 0 Å². The highest BCUT2D eigenvalue weighted by Gasteiger charge is 2.01. The summed E-state index contributed by atoms with van der Waals surface area (Å²) in [4.78, 5) is 10.3. The Hall–Kier alpha value is -1.65. The summed E-state index contributed by atoms with van der Waals surface area (Å²) in [6.45, 7) is 2.15. The average molecular weight is 336 g/mol. The van der Waals surface area contributed by atoms with Crippen LogP contribution in [0.1, 0.15) is 58.3 Å². The predicted molar refractivity (Wildman–Crippen MR) is 98.8 cm³/mol. The number of aliphatic hydroxyl groups excluding tert-OH is 2. The summed E-state index contributed by atoms with van der Waals surface area (Å²) >= 11 is 0. The molecule has 4 nitrogen and oxygen atoms in total. The normalized spacial score (nSPS) is 15.1. The van der Waals surface area contributed by atoms with Crippen LogP contribution in [0.2, 0.25) is 0 Å². The fourth-order valence-corrected chi connectivity index (χ4v) is 2.04. The summed E-state index contributed by atoms with van der Waals surface area (Å²) < 4.78 is 0. The van der Waals surface area contributed by atoms with Gasteiger partial charge in [0.05, 0.1) is 12.2 Å². The van der Waals surface area contributed by atoms with E-state index in [0.29, 0.717) is 12.8 Å². The van der Waals surface area contributed by atoms with Crippen molar-refractivity contribution >= 4 is 5.97 Å². The van der Waals surface area contributed by atoms with E-state index in [9.17, 15) is 15.0 Å². The number of carbonyl (C=O) groups is 1. The van der Waals surface area contributed by atoms with E-state index in [-0.39, 0.29) is 12.5 Å². The van der Waals surface area contributed by atoms with Gasteiger partial charge in [0, 0.05) is 6.42 Å². The van der Waals surface area contributed by atoms with Crippen LogP contribution in [0.4, 0.5) is 0 Å². The van der Waals surface area contributed by atoms with Crippen LogP contribution in [0.5, 0.6) is 0 Å². The zero-order valence-electron chi connectivity index (χ0n) is 14.7. The molecule has 0 spiro atoms. The summed E-state index contributed by atoms with van der Waals surface area (Å²) in [5.41, 5.74) is 0. The first-order valence-corrected chi connectivity index (χ1v) is 8.80. The summed E-state index contributed by atoms with van der Waals surface area (Å²) in [5, 5.41) is 27.8. The van der Waals surface area contributed by atoms with Crippen LogP contribution in [-0.2, 0) is 4.79 Å². The molecule has 0 saturated carbocycles. The molecule has 0 aliphatic heterocycles. The summed E-state index contributed by atoms with van der Waals surface area (Å²) in [5.74, 6) is -0.833. The molecule has 2 atom stereocenters. The van der Waals surface area contributed by atoms with Crippen molar-refractivity contribution in [2.24, 2.45) is 0 Å². The minimum Gasteiger partial charge on any atom is -0.481 e. The fraction of sp³-hybridized carbons (Fsp3) is 0.550. The van der Waals surface area contributed by atoms with Crippen LogP contribution in [0.25, 0.3) is 0 Å². The molecule has 0 aromatic heterocycles. The molecule has 0 unspecified atom stereocenters. The number of rotatable bonds is 14. The molecular formula is C20H32O4. The fourth-order valence-electron chi connectivity index (χ4n) is 2.04. The highest BCUT2D eigenvalue weighted by molar-refractivity contribution is 5.66. The van der Waals surface area contributed by atoms with Crippen LogP contribution in [-0.4, -0.2) is 33.5 Å². The minimum atomic E-state index is -0.833. The molecule has 0 rings (SSSR count). The molecule has 0 aromatic rings. The van der Waals surface area contributed by atoms with Crippen molar-refractivity contribution in [1.82, 2.24) is 0 Å². The lowest BCUT2D eigenvalue weighted by molar-refractivity contribution is -0.137. The van der Waals surface area contributed by atoms with E-state index in [1.165, 1.54) is 0 Å². The zero-order chi connectivity index (χ0) is 18.0. The number of hydrogen-bond donors (Lipinski definition) is 3. The largest absolute Gasteiger partial charge is 0.481 e. The lowest BCUT2D eigenvalue weighted by Crippen LogP contribution is -2.03. The van der Waals surface area contributed by atoms with Gasteiger partial charge in [-0.05, 0) is 25.7 Å². The Morgan fingerprint density at radius 1 is 0.875 bits per heavy atom. The predicted octanol–water partition coefficient (Wildman–Crippen LogP) is 4.16. The van der Waals surface area contributed by atoms with Gasteiger partial charge in [0.15, 0.2) is 0 Å². The monoisotopic (exact) mass is 336 g/mol. The van der Waals surface area contributed by atoms with E-state index < -0.39 is 12.1 Å². The molecule has 3 N–H and O–H groups in total. The quantitative estimate of drug-likeness (QED) is 0.329. The number of allylic oxidation sites excluding steroid dienone is 6. The van der Waals surface area contributed by atoms with Gasteiger partial charge >= 0.3 is 5.97 Å². The van der Waals surface area contributed by atoms with Crippen molar-refractivity contribution < 1.29 is 20.1 Å². The van der Waals surface area contributed by atoms with Gasteiger partial charge in [0.25, 0.3) is 0 Å². The average Bonchev–Trinajstić information content (AvgIpc) is 2.53. The minimum absolute atomic E-state index is 0.0896. The molecule has 0 bridgehead atoms. The van der Waals surface area contributed by atoms with E-state index in [0.717, 1.165) is 32.1 Å². The van der Waals surface area contributed by atoms with Gasteiger partial charge in [-0.1, -0.05) is 74.8 Å². The molecule has 0 heterocycles. The van der Waals surface area contributed by atoms with Gasteiger partial charge in [-0.2, -0.15) is 0 Å². The number of hydrogen-bond acceptors (Lipinski definition) is 3. The van der Waals surface area contributed by atoms with Crippen LogP contribution in [0, 0.1) is 0 Å². The third-order valence-corrected chi connectivity index (χ3v) is 3.43. The van der Waals surface area contributed by atoms with Crippen molar-refractivity contribution in [1.29, 1.82) is 0 Å². The van der Waals surface area contributed by atoms with Crippen LogP contribution in [0.3, 0.4) is 0 Å². The van der Waals surface area contributed by atoms with Gasteiger partial charge in [0.1, 0.15) is 0 Å². The number of aliphatic carboxylic acids is 1. The lowest BCUT2D eigenvalue weighted by atomic mass is 10.1. The first kappa shape index (κ1) is 22.4. The standard InChI is InChI=1S/C20H32O4/c1-2-3-9-13-18(21)14-10-7-5-4-6-8-11-15-19(22)16-12-17-20(23)24/h5-8,10-11,14-15,18-19,21-22H,2-4,9,12-13,16-17H2,1H3,(H,23,24)/b7-5-,8-6-,14-10+,15-11+/t18-,19-/m1/s1. The Bertz CT molecular complexity index is 421. The Balaban J connectivity index is 3.75. The molecule has 0 radical (unpaired) electrons. The second-order valence-electron chi connectivity index (χ2n) is 5.78. The number of carboxylic acids is 1. The van der Waals surface area contributed by atoms with E-state index in [1.54, 1.807) is 12.2 Å². The SMILES string of the molecule is CCCCC[C@@H](O)/C=C/C=C\C/C=C\C=C\[C@@H](O)CCCC(=O)O. The number of unbranched alkanes of at least 4 members (excludes halogenated alkanes) is 2. The van der Waals surface area contributed by atoms with E-state index in [1.807, 2.05) is 36.5 Å². The molecule has 24 heavy (non-hydrogen) atoms. The molecule has 0 fully saturated rings. The molecule has 0 saturated heterocycles. The summed E-state index contributed by atoms with van der Waals surface area (Å²) in [7, 11) is 0. The first-order valence-electron chi connectivity index (χ1n) is 8.80. The van der Waals surface area contributed by atoms with E-state index in [4.69, 9.17) is 5.11 Å². The Morgan fingerprint density at radius 3 is 1.92 bits per heavy atom. The first-order chi connectivity index (χ1) is 11.6. The third kappa shape index (κ3) is 16.7. The smallest absolute Gasteiger partial charge is 0.303 e. The lowest BCUT2D eigenvalue weighted by Gasteiger charge is -2.02. The van der Waals surface area contributed by atoms with Gasteiger partial charge in [-0.25, -0.2) is 0 Å². The van der Waals surface area contributed by atoms with Crippen molar-refractivity contribution in [2.45, 2.75) is 70.5 Å². The molecule has 4 heteroatoms. The van der Waals surface area contributed by atoms with E-state index in [2.05, 4.69) is 6.92 Å². The highest BCUT2D eigenvalue weighted by atomic mass is 16.4. The van der Waals surface area contributed by atoms with Gasteiger partial charge in [-0.15, -0.1) is 0 Å². The van der Waals surface area contributed by atoms with Crippen molar-refractivity contribution in [3.63, 3.8) is 0 Å². The Morgan fingerprint density at radius 2 is 1.42 bits per heavy atom. The molecule has 0 amide bonds. The van der Waals surface area contributed by atoms with Crippen molar-refractivity contribution in [3.8, 4) is 0 Å². The number of aliphatic hydroxyl groups is 2. The number of carboxylic acid groups (broad SMARTS) is 1. The van der Waals surface area contributed by atoms with Crippen LogP contribution < -0.4 is 0 Å². The second kappa shape index (κ2) is 16.2. The van der Waals surface area contributed by atoms with Gasteiger partial charge in [-0.3, -0.25) is 4.79 Å². The maximum absolute atomic E-state index is 10.3. The molecule has 0 aliphatic rings. The third-order valence-electron chi connectivity index (χ3n) is 3.43. The van der Waals surface area contributed by atoms with Crippen molar-refractivity contribution in [2.75, 3.05) is 0 Å². The molecule has 0 aromatic carbocycles. The Labute approximate surface area is 145 Å². The maximum atomic E-state index is 10.3. The van der Waals surface area contributed by atoms with Gasteiger partial charge in [0.2, 0.25) is 0 Å². The molecule has 136 valence electrons. The maximum Gasteiger partial charge on any atom is 0.303 e. The second-order valence-corrected chi connectivity index (χ2v) is 5.78. The molecular weight excluding hydrogens is 304 g/mol. The van der Waals surface area contributed by atoms with Crippen molar-refractivity contribution in [3.05, 3.63) is 48.6 Å². The Kier molecular flexibility index (Phi) is 15.1. The summed E-state index contributed by atoms with van der Waals surface area (Å²) in [6.07, 6.45) is 19.9. The topological polar surface area (TPSA) is 77.8 Å². The van der Waals surface area contributed by atoms with Crippen LogP contribution in [0.15, 0.2) is 48.6 Å². The molecule has 0 aliphatic carbocycles. The summed E-state index contributed by atoms with van der Waals surface area (Å²) in [6, 6.07) is 0. The van der Waals surface area contributed by atoms with Crippen LogP contribution >= 0.6 is 0 Å². The zero-order valence-corrected chi connectivity index (χ0v) is 14.7. The van der Waals surface area contributed by atoms with Gasteiger partial charge < -0.3 is 15.3 Å².